The number of aryl methyl sites for hydroxylation is 1. The Bertz CT molecular complexity index is 1120. The van der Waals surface area contributed by atoms with Crippen molar-refractivity contribution in [3.63, 3.8) is 0 Å². The monoisotopic (exact) mass is 400 g/mol. The summed E-state index contributed by atoms with van der Waals surface area (Å²) in [5.74, 6) is 2.04. The molecule has 1 aromatic heterocycles. The molecule has 1 aliphatic rings. The fraction of sp³-hybridized carbons (Fsp3) is 0.300. The maximum Gasteiger partial charge on any atom is 0.293 e. The highest BCUT2D eigenvalue weighted by Crippen LogP contribution is 2.34. The molecule has 2 atom stereocenters. The third-order valence-corrected chi connectivity index (χ3v) is 5.70. The van der Waals surface area contributed by atoms with Gasteiger partial charge in [0.1, 0.15) is 6.10 Å². The van der Waals surface area contributed by atoms with E-state index in [4.69, 9.17) is 18.9 Å². The fourth-order valence-electron chi connectivity index (χ4n) is 3.11. The van der Waals surface area contributed by atoms with E-state index in [9.17, 15) is 4.79 Å². The van der Waals surface area contributed by atoms with Crippen LogP contribution in [0.2, 0.25) is 0 Å². The van der Waals surface area contributed by atoms with Crippen LogP contribution in [0.3, 0.4) is 0 Å². The van der Waals surface area contributed by atoms with Crippen LogP contribution in [0.5, 0.6) is 23.0 Å². The number of methoxy groups -OCH3 is 2. The Morgan fingerprint density at radius 2 is 1.75 bits per heavy atom. The molecule has 8 heteroatoms. The largest absolute Gasteiger partial charge is 0.493 e. The predicted octanol–water partition coefficient (Wildman–Crippen LogP) is 2.91. The molecular weight excluding hydrogens is 380 g/mol. The molecule has 1 aliphatic heterocycles. The average Bonchev–Trinajstić information content (AvgIpc) is 3.00. The summed E-state index contributed by atoms with van der Waals surface area (Å²) >= 11 is 1.40. The number of nitrogens with zero attached hydrogens (tertiary/aromatic N) is 2. The first kappa shape index (κ1) is 18.4. The zero-order chi connectivity index (χ0) is 19.8. The van der Waals surface area contributed by atoms with Crippen LogP contribution in [0.1, 0.15) is 6.92 Å². The highest BCUT2D eigenvalue weighted by Gasteiger charge is 2.34. The van der Waals surface area contributed by atoms with Gasteiger partial charge in [0.05, 0.1) is 24.4 Å². The number of carbonyl (C=O) groups is 1. The number of rotatable bonds is 3. The fourth-order valence-corrected chi connectivity index (χ4v) is 4.14. The smallest absolute Gasteiger partial charge is 0.293 e. The van der Waals surface area contributed by atoms with E-state index >= 15 is 0 Å². The van der Waals surface area contributed by atoms with Gasteiger partial charge in [-0.1, -0.05) is 23.5 Å². The lowest BCUT2D eigenvalue weighted by atomic mass is 10.1. The van der Waals surface area contributed by atoms with Crippen LogP contribution in [0.15, 0.2) is 41.4 Å². The van der Waals surface area contributed by atoms with Gasteiger partial charge in [-0.05, 0) is 19.1 Å². The Morgan fingerprint density at radius 1 is 1.11 bits per heavy atom. The van der Waals surface area contributed by atoms with E-state index < -0.39 is 12.2 Å². The summed E-state index contributed by atoms with van der Waals surface area (Å²) in [6.45, 7) is 1.80. The number of benzene rings is 2. The zero-order valence-corrected chi connectivity index (χ0v) is 16.8. The van der Waals surface area contributed by atoms with Crippen LogP contribution in [0.25, 0.3) is 10.2 Å². The van der Waals surface area contributed by atoms with Crippen molar-refractivity contribution in [1.29, 1.82) is 0 Å². The minimum Gasteiger partial charge on any atom is -0.493 e. The molecule has 7 nitrogen and oxygen atoms in total. The molecule has 3 aromatic rings. The Labute approximate surface area is 165 Å². The second-order valence-corrected chi connectivity index (χ2v) is 7.39. The van der Waals surface area contributed by atoms with E-state index in [1.54, 1.807) is 27.2 Å². The van der Waals surface area contributed by atoms with Gasteiger partial charge < -0.3 is 23.5 Å². The molecule has 4 rings (SSSR count). The number of carbonyl (C=O) groups excluding carboxylic acids is 1. The van der Waals surface area contributed by atoms with E-state index in [-0.39, 0.29) is 5.91 Å². The molecule has 0 spiro atoms. The molecule has 0 bridgehead atoms. The number of hydrogen-bond donors (Lipinski definition) is 0. The first-order valence-electron chi connectivity index (χ1n) is 8.74. The molecule has 2 heterocycles. The van der Waals surface area contributed by atoms with Crippen molar-refractivity contribution >= 4 is 27.5 Å². The van der Waals surface area contributed by atoms with Gasteiger partial charge in [-0.2, -0.15) is 4.99 Å². The lowest BCUT2D eigenvalue weighted by Gasteiger charge is -2.29. The van der Waals surface area contributed by atoms with E-state index in [0.29, 0.717) is 27.8 Å². The summed E-state index contributed by atoms with van der Waals surface area (Å²) in [5, 5.41) is 0. The highest BCUT2D eigenvalue weighted by atomic mass is 32.1. The number of fused-ring (bicyclic) bond motifs is 2. The predicted molar refractivity (Wildman–Crippen MR) is 105 cm³/mol. The molecule has 2 unspecified atom stereocenters. The Kier molecular flexibility index (Phi) is 4.72. The molecule has 0 N–H and O–H groups in total. The Hall–Kier alpha value is -3.00. The Morgan fingerprint density at radius 3 is 2.43 bits per heavy atom. The highest BCUT2D eigenvalue weighted by molar-refractivity contribution is 7.16. The number of ether oxygens (including phenoxy) is 4. The average molecular weight is 400 g/mol. The van der Waals surface area contributed by atoms with E-state index in [2.05, 4.69) is 4.99 Å². The molecule has 1 amide bonds. The third kappa shape index (κ3) is 3.09. The number of aromatic nitrogens is 1. The van der Waals surface area contributed by atoms with E-state index in [0.717, 1.165) is 10.2 Å². The molecule has 0 aliphatic carbocycles. The van der Waals surface area contributed by atoms with Crippen LogP contribution < -0.4 is 23.7 Å². The lowest BCUT2D eigenvalue weighted by Crippen LogP contribution is -2.43. The van der Waals surface area contributed by atoms with Gasteiger partial charge in [0.15, 0.2) is 27.8 Å². The minimum absolute atomic E-state index is 0.386. The Balaban J connectivity index is 1.71. The summed E-state index contributed by atoms with van der Waals surface area (Å²) in [5.41, 5.74) is 0.897. The van der Waals surface area contributed by atoms with Crippen molar-refractivity contribution in [2.45, 2.75) is 19.1 Å². The van der Waals surface area contributed by atoms with Gasteiger partial charge in [0.2, 0.25) is 6.10 Å². The quantitative estimate of drug-likeness (QED) is 0.676. The first-order valence-corrected chi connectivity index (χ1v) is 9.56. The van der Waals surface area contributed by atoms with Crippen LogP contribution in [0, 0.1) is 0 Å². The second-order valence-electron chi connectivity index (χ2n) is 6.38. The molecule has 2 aromatic carbocycles. The lowest BCUT2D eigenvalue weighted by molar-refractivity contribution is -0.130. The maximum absolute atomic E-state index is 12.8. The van der Waals surface area contributed by atoms with Gasteiger partial charge in [0.25, 0.3) is 5.91 Å². The topological polar surface area (TPSA) is 71.3 Å². The first-order chi connectivity index (χ1) is 13.5. The van der Waals surface area contributed by atoms with Crippen molar-refractivity contribution in [2.24, 2.45) is 12.0 Å². The normalized spacial score (nSPS) is 18.9. The van der Waals surface area contributed by atoms with Crippen molar-refractivity contribution in [3.8, 4) is 23.0 Å². The SMILES string of the molecule is COc1cc2sc(=NC(=O)C3Oc4ccccc4OC3C)n(C)c2cc1OC. The van der Waals surface area contributed by atoms with Crippen molar-refractivity contribution < 1.29 is 23.7 Å². The van der Waals surface area contributed by atoms with Crippen molar-refractivity contribution in [2.75, 3.05) is 14.2 Å². The second kappa shape index (κ2) is 7.20. The van der Waals surface area contributed by atoms with Crippen molar-refractivity contribution in [1.82, 2.24) is 4.57 Å². The third-order valence-electron chi connectivity index (χ3n) is 4.61. The number of para-hydroxylation sites is 2. The molecule has 0 fully saturated rings. The molecule has 28 heavy (non-hydrogen) atoms. The van der Waals surface area contributed by atoms with Crippen molar-refractivity contribution in [3.05, 3.63) is 41.2 Å². The number of hydrogen-bond acceptors (Lipinski definition) is 6. The standard InChI is InChI=1S/C20H20N2O5S/c1-11-18(27-14-8-6-5-7-13(14)26-11)19(23)21-20-22(2)12-9-15(24-3)16(25-4)10-17(12)28-20/h5-11,18H,1-4H3. The van der Waals surface area contributed by atoms with Gasteiger partial charge in [0, 0.05) is 19.2 Å². The molecule has 146 valence electrons. The van der Waals surface area contributed by atoms with Crippen LogP contribution in [-0.4, -0.2) is 36.9 Å². The summed E-state index contributed by atoms with van der Waals surface area (Å²) in [4.78, 5) is 17.7. The number of thiazole rings is 1. The van der Waals surface area contributed by atoms with E-state index in [1.165, 1.54) is 11.3 Å². The molecule has 0 saturated carbocycles. The van der Waals surface area contributed by atoms with Crippen LogP contribution >= 0.6 is 11.3 Å². The maximum atomic E-state index is 12.8. The number of amides is 1. The summed E-state index contributed by atoms with van der Waals surface area (Å²) in [6, 6.07) is 11.0. The van der Waals surface area contributed by atoms with Gasteiger partial charge >= 0.3 is 0 Å². The summed E-state index contributed by atoms with van der Waals surface area (Å²) in [6.07, 6.45) is -1.24. The molecule has 0 saturated heterocycles. The van der Waals surface area contributed by atoms with Gasteiger partial charge in [-0.3, -0.25) is 4.79 Å². The molecule has 0 radical (unpaired) electrons. The minimum atomic E-state index is -0.802. The van der Waals surface area contributed by atoms with Gasteiger partial charge in [-0.15, -0.1) is 0 Å². The van der Waals surface area contributed by atoms with Crippen LogP contribution in [0.4, 0.5) is 0 Å². The van der Waals surface area contributed by atoms with E-state index in [1.807, 2.05) is 41.9 Å². The van der Waals surface area contributed by atoms with Gasteiger partial charge in [-0.25, -0.2) is 0 Å². The molecular formula is C20H20N2O5S. The summed E-state index contributed by atoms with van der Waals surface area (Å²) < 4.78 is 25.2. The van der Waals surface area contributed by atoms with Crippen LogP contribution in [-0.2, 0) is 11.8 Å². The summed E-state index contributed by atoms with van der Waals surface area (Å²) in [7, 11) is 5.03. The zero-order valence-electron chi connectivity index (χ0n) is 16.0.